The molecule has 0 aromatic heterocycles. The van der Waals surface area contributed by atoms with Crippen molar-refractivity contribution in [1.29, 1.82) is 0 Å². The summed E-state index contributed by atoms with van der Waals surface area (Å²) in [6.07, 6.45) is 0. The minimum atomic E-state index is 0.698. The maximum Gasteiger partial charge on any atom is 0.164 e. The van der Waals surface area contributed by atoms with Crippen molar-refractivity contribution in [2.75, 3.05) is 28.2 Å². The Morgan fingerprint density at radius 2 is 1.73 bits per heavy atom. The molecule has 0 atom stereocenters. The lowest BCUT2D eigenvalue weighted by Crippen LogP contribution is -2.36. The molecule has 0 amide bonds. The lowest BCUT2D eigenvalue weighted by Gasteiger charge is -2.15. The van der Waals surface area contributed by atoms with Crippen LogP contribution >= 0.6 is 24.2 Å². The molecule has 66 valence electrons. The summed E-state index contributed by atoms with van der Waals surface area (Å²) >= 11 is 6.34. The Balaban J connectivity index is 3.38. The second kappa shape index (κ2) is 5.73. The molecule has 0 rings (SSSR count). The van der Waals surface area contributed by atoms with Crippen molar-refractivity contribution in [1.82, 2.24) is 20.3 Å². The summed E-state index contributed by atoms with van der Waals surface area (Å²) in [7, 11) is 7.60. The molecule has 0 aromatic carbocycles. The van der Waals surface area contributed by atoms with Gasteiger partial charge in [0.2, 0.25) is 0 Å². The van der Waals surface area contributed by atoms with Gasteiger partial charge in [0.15, 0.2) is 4.32 Å². The van der Waals surface area contributed by atoms with E-state index in [-0.39, 0.29) is 0 Å². The van der Waals surface area contributed by atoms with Crippen molar-refractivity contribution in [3.05, 3.63) is 0 Å². The van der Waals surface area contributed by atoms with E-state index in [1.54, 1.807) is 5.01 Å². The number of nitrogens with zero attached hydrogens (tertiary/aromatic N) is 2. The number of hydrazine groups is 2. The van der Waals surface area contributed by atoms with Gasteiger partial charge in [0.05, 0.1) is 0 Å². The van der Waals surface area contributed by atoms with Gasteiger partial charge in [-0.15, -0.1) is 0 Å². The third kappa shape index (κ3) is 8.02. The van der Waals surface area contributed by atoms with Crippen LogP contribution in [0.1, 0.15) is 0 Å². The number of thiocarbonyl (C=S) groups is 1. The van der Waals surface area contributed by atoms with E-state index < -0.39 is 0 Å². The fourth-order valence-electron chi connectivity index (χ4n) is 0.338. The van der Waals surface area contributed by atoms with Crippen molar-refractivity contribution < 1.29 is 0 Å². The lowest BCUT2D eigenvalue weighted by atomic mass is 11.1. The van der Waals surface area contributed by atoms with Gasteiger partial charge in [0.25, 0.3) is 0 Å². The molecule has 0 aliphatic heterocycles. The van der Waals surface area contributed by atoms with Gasteiger partial charge in [0, 0.05) is 40.1 Å². The molecule has 0 spiro atoms. The Labute approximate surface area is 77.4 Å². The third-order valence-electron chi connectivity index (χ3n) is 0.636. The van der Waals surface area contributed by atoms with E-state index in [1.807, 2.05) is 33.2 Å². The summed E-state index contributed by atoms with van der Waals surface area (Å²) in [5.41, 5.74) is 2.94. The fraction of sp³-hybridized carbons (Fsp3) is 0.800. The van der Waals surface area contributed by atoms with E-state index in [2.05, 4.69) is 10.3 Å². The van der Waals surface area contributed by atoms with Gasteiger partial charge in [-0.05, 0) is 0 Å². The Morgan fingerprint density at radius 1 is 1.18 bits per heavy atom. The number of hydrogen-bond donors (Lipinski definition) is 2. The van der Waals surface area contributed by atoms with Crippen LogP contribution in [0.3, 0.4) is 0 Å². The molecule has 0 aromatic rings. The van der Waals surface area contributed by atoms with Gasteiger partial charge in [-0.25, -0.2) is 10.0 Å². The Hall–Kier alpha value is 0.120. The number of nitrogens with one attached hydrogen (secondary N) is 2. The molecule has 0 fully saturated rings. The smallest absolute Gasteiger partial charge is 0.164 e. The third-order valence-corrected chi connectivity index (χ3v) is 1.71. The zero-order valence-electron chi connectivity index (χ0n) is 7.21. The van der Waals surface area contributed by atoms with E-state index in [4.69, 9.17) is 12.2 Å². The molecule has 0 aliphatic rings. The van der Waals surface area contributed by atoms with Crippen molar-refractivity contribution in [3.8, 4) is 0 Å². The average Bonchev–Trinajstić information content (AvgIpc) is 1.82. The quantitative estimate of drug-likeness (QED) is 0.375. The van der Waals surface area contributed by atoms with Crippen LogP contribution in [0.4, 0.5) is 0 Å². The molecule has 0 aliphatic carbocycles. The van der Waals surface area contributed by atoms with E-state index in [0.717, 1.165) is 0 Å². The molecule has 0 radical (unpaired) electrons. The van der Waals surface area contributed by atoms with Crippen molar-refractivity contribution in [2.24, 2.45) is 0 Å². The summed E-state index contributed by atoms with van der Waals surface area (Å²) in [6.45, 7) is 0. The molecule has 0 saturated heterocycles. The van der Waals surface area contributed by atoms with E-state index in [0.29, 0.717) is 4.32 Å². The predicted octanol–water partition coefficient (Wildman–Crippen LogP) is 0.0519. The van der Waals surface area contributed by atoms with Crippen LogP contribution in [0, 0.1) is 0 Å². The minimum Gasteiger partial charge on any atom is -0.303 e. The fourth-order valence-corrected chi connectivity index (χ4v) is 1.13. The van der Waals surface area contributed by atoms with Crippen LogP contribution in [0.25, 0.3) is 0 Å². The molecule has 0 saturated carbocycles. The Bertz CT molecular complexity index is 126. The van der Waals surface area contributed by atoms with Gasteiger partial charge >= 0.3 is 0 Å². The molecular formula is C5H14N4S2. The molecule has 11 heavy (non-hydrogen) atoms. The second-order valence-corrected chi connectivity index (χ2v) is 3.84. The first-order valence-electron chi connectivity index (χ1n) is 3.10. The second-order valence-electron chi connectivity index (χ2n) is 2.38. The highest BCUT2D eigenvalue weighted by Gasteiger charge is 1.97. The van der Waals surface area contributed by atoms with Crippen molar-refractivity contribution in [3.63, 3.8) is 0 Å². The summed E-state index contributed by atoms with van der Waals surface area (Å²) in [6, 6.07) is 0. The maximum absolute atomic E-state index is 4.97. The van der Waals surface area contributed by atoms with Crippen LogP contribution in [-0.4, -0.2) is 42.5 Å². The molecule has 4 nitrogen and oxygen atoms in total. The monoisotopic (exact) mass is 194 g/mol. The zero-order valence-corrected chi connectivity index (χ0v) is 8.84. The first-order chi connectivity index (χ1) is 5.02. The predicted molar refractivity (Wildman–Crippen MR) is 53.8 cm³/mol. The SMILES string of the molecule is CN(C)NSC(=S)NN(C)C. The minimum absolute atomic E-state index is 0.698. The number of hydrogen-bond acceptors (Lipinski definition) is 5. The van der Waals surface area contributed by atoms with Crippen LogP contribution in [-0.2, 0) is 0 Å². The van der Waals surface area contributed by atoms with Gasteiger partial charge in [-0.2, -0.15) is 4.83 Å². The van der Waals surface area contributed by atoms with E-state index in [1.165, 1.54) is 11.9 Å². The van der Waals surface area contributed by atoms with Crippen LogP contribution in [0.5, 0.6) is 0 Å². The van der Waals surface area contributed by atoms with Gasteiger partial charge < -0.3 is 5.43 Å². The highest BCUT2D eigenvalue weighted by atomic mass is 32.2. The van der Waals surface area contributed by atoms with Crippen molar-refractivity contribution in [2.45, 2.75) is 0 Å². The van der Waals surface area contributed by atoms with Crippen molar-refractivity contribution >= 4 is 28.5 Å². The molecule has 0 heterocycles. The highest BCUT2D eigenvalue weighted by Crippen LogP contribution is 1.95. The molecule has 6 heteroatoms. The summed E-state index contributed by atoms with van der Waals surface area (Å²) < 4.78 is 0.698. The topological polar surface area (TPSA) is 30.5 Å². The molecular weight excluding hydrogens is 180 g/mol. The lowest BCUT2D eigenvalue weighted by molar-refractivity contribution is 0.366. The number of rotatable bonds is 3. The molecule has 2 N–H and O–H groups in total. The Morgan fingerprint density at radius 3 is 2.09 bits per heavy atom. The van der Waals surface area contributed by atoms with E-state index >= 15 is 0 Å². The van der Waals surface area contributed by atoms with Crippen LogP contribution < -0.4 is 10.3 Å². The van der Waals surface area contributed by atoms with Crippen LogP contribution in [0.15, 0.2) is 0 Å². The van der Waals surface area contributed by atoms with E-state index in [9.17, 15) is 0 Å². The normalized spacial score (nSPS) is 10.7. The van der Waals surface area contributed by atoms with Gasteiger partial charge in [-0.3, -0.25) is 0 Å². The summed E-state index contributed by atoms with van der Waals surface area (Å²) in [5, 5.41) is 3.63. The largest absolute Gasteiger partial charge is 0.303 e. The van der Waals surface area contributed by atoms with Gasteiger partial charge in [0.1, 0.15) is 0 Å². The first-order valence-corrected chi connectivity index (χ1v) is 4.32. The maximum atomic E-state index is 4.97. The summed E-state index contributed by atoms with van der Waals surface area (Å²) in [5.74, 6) is 0. The van der Waals surface area contributed by atoms with Gasteiger partial charge in [-0.1, -0.05) is 12.2 Å². The molecule has 0 bridgehead atoms. The first kappa shape index (κ1) is 11.1. The Kier molecular flexibility index (Phi) is 5.79. The molecule has 0 unspecified atom stereocenters. The van der Waals surface area contributed by atoms with Crippen LogP contribution in [0.2, 0.25) is 0 Å². The highest BCUT2D eigenvalue weighted by molar-refractivity contribution is 8.21. The summed E-state index contributed by atoms with van der Waals surface area (Å²) in [4.78, 5) is 2.97. The standard InChI is InChI=1S/C5H14N4S2/c1-8(2)6-5(10)11-7-9(3)4/h7H,1-4H3,(H,6,10). The zero-order chi connectivity index (χ0) is 8.85. The average molecular weight is 194 g/mol.